The average Bonchev–Trinajstić information content (AvgIpc) is 2.63. The van der Waals surface area contributed by atoms with Crippen molar-refractivity contribution in [2.75, 3.05) is 26.5 Å². The Labute approximate surface area is 102 Å². The standard InChI is InChI=1S/C10H20N2O4S/c1-16-7-6-12-10(9(11)13)5-3-4-8(10)17(2,14)15/h8,12H,3-7H2,1-2H3,(H2,11,13). The van der Waals surface area contributed by atoms with Gasteiger partial charge in [-0.25, -0.2) is 8.42 Å². The summed E-state index contributed by atoms with van der Waals surface area (Å²) in [6.07, 6.45) is 2.77. The van der Waals surface area contributed by atoms with Crippen LogP contribution in [0.25, 0.3) is 0 Å². The quantitative estimate of drug-likeness (QED) is 0.602. The first-order valence-corrected chi connectivity index (χ1v) is 7.53. The van der Waals surface area contributed by atoms with Crippen LogP contribution in [0.3, 0.4) is 0 Å². The van der Waals surface area contributed by atoms with Crippen LogP contribution in [0, 0.1) is 0 Å². The number of rotatable bonds is 6. The molecule has 1 amide bonds. The van der Waals surface area contributed by atoms with Gasteiger partial charge in [0.15, 0.2) is 9.84 Å². The van der Waals surface area contributed by atoms with Gasteiger partial charge in [0, 0.05) is 19.9 Å². The first-order chi connectivity index (χ1) is 7.84. The second kappa shape index (κ2) is 5.32. The number of sulfone groups is 1. The van der Waals surface area contributed by atoms with Crippen LogP contribution < -0.4 is 11.1 Å². The maximum Gasteiger partial charge on any atom is 0.239 e. The summed E-state index contributed by atoms with van der Waals surface area (Å²) in [5.41, 5.74) is 4.26. The van der Waals surface area contributed by atoms with Gasteiger partial charge in [-0.1, -0.05) is 0 Å². The smallest absolute Gasteiger partial charge is 0.239 e. The van der Waals surface area contributed by atoms with Gasteiger partial charge in [0.05, 0.1) is 11.9 Å². The molecule has 0 aromatic rings. The molecule has 0 bridgehead atoms. The van der Waals surface area contributed by atoms with Gasteiger partial charge >= 0.3 is 0 Å². The highest BCUT2D eigenvalue weighted by atomic mass is 32.2. The predicted molar refractivity (Wildman–Crippen MR) is 64.3 cm³/mol. The Morgan fingerprint density at radius 2 is 2.24 bits per heavy atom. The zero-order chi connectivity index (χ0) is 13.1. The molecule has 1 aliphatic carbocycles. The fourth-order valence-corrected chi connectivity index (χ4v) is 4.14. The van der Waals surface area contributed by atoms with Crippen molar-refractivity contribution in [3.05, 3.63) is 0 Å². The largest absolute Gasteiger partial charge is 0.383 e. The second-order valence-electron chi connectivity index (χ2n) is 4.47. The summed E-state index contributed by atoms with van der Waals surface area (Å²) in [6.45, 7) is 0.816. The molecule has 1 saturated carbocycles. The van der Waals surface area contributed by atoms with Crippen LogP contribution in [-0.2, 0) is 19.4 Å². The van der Waals surface area contributed by atoms with Crippen LogP contribution in [0.15, 0.2) is 0 Å². The second-order valence-corrected chi connectivity index (χ2v) is 6.69. The van der Waals surface area contributed by atoms with Gasteiger partial charge in [-0.05, 0) is 19.3 Å². The van der Waals surface area contributed by atoms with E-state index in [2.05, 4.69) is 5.32 Å². The van der Waals surface area contributed by atoms with Crippen molar-refractivity contribution in [1.29, 1.82) is 0 Å². The molecule has 1 aliphatic rings. The highest BCUT2D eigenvalue weighted by Crippen LogP contribution is 2.34. The molecule has 3 N–H and O–H groups in total. The Bertz CT molecular complexity index is 382. The first-order valence-electron chi connectivity index (χ1n) is 5.57. The number of nitrogens with one attached hydrogen (secondary N) is 1. The van der Waals surface area contributed by atoms with Crippen LogP contribution in [-0.4, -0.2) is 51.6 Å². The van der Waals surface area contributed by atoms with Crippen molar-refractivity contribution in [2.45, 2.75) is 30.1 Å². The van der Waals surface area contributed by atoms with E-state index in [0.717, 1.165) is 6.26 Å². The van der Waals surface area contributed by atoms with Crippen molar-refractivity contribution in [1.82, 2.24) is 5.32 Å². The van der Waals surface area contributed by atoms with Crippen molar-refractivity contribution in [3.8, 4) is 0 Å². The Balaban J connectivity index is 2.94. The van der Waals surface area contributed by atoms with Crippen molar-refractivity contribution >= 4 is 15.7 Å². The van der Waals surface area contributed by atoms with Gasteiger partial charge in [-0.15, -0.1) is 0 Å². The number of nitrogens with two attached hydrogens (primary N) is 1. The topological polar surface area (TPSA) is 98.5 Å². The van der Waals surface area contributed by atoms with Gasteiger partial charge < -0.3 is 10.5 Å². The van der Waals surface area contributed by atoms with Gasteiger partial charge in [0.2, 0.25) is 5.91 Å². The van der Waals surface area contributed by atoms with Crippen LogP contribution >= 0.6 is 0 Å². The molecule has 0 heterocycles. The Kier molecular flexibility index (Phi) is 4.51. The summed E-state index contributed by atoms with van der Waals surface area (Å²) in [7, 11) is -1.75. The molecule has 6 nitrogen and oxygen atoms in total. The molecule has 7 heteroatoms. The number of ether oxygens (including phenoxy) is 1. The summed E-state index contributed by atoms with van der Waals surface area (Å²) in [4.78, 5) is 11.6. The highest BCUT2D eigenvalue weighted by Gasteiger charge is 2.52. The summed E-state index contributed by atoms with van der Waals surface area (Å²) >= 11 is 0. The van der Waals surface area contributed by atoms with E-state index in [1.165, 1.54) is 0 Å². The summed E-state index contributed by atoms with van der Waals surface area (Å²) in [6, 6.07) is 0. The molecule has 100 valence electrons. The van der Waals surface area contributed by atoms with Crippen molar-refractivity contribution in [2.24, 2.45) is 5.73 Å². The third kappa shape index (κ3) is 2.97. The third-order valence-corrected chi connectivity index (χ3v) is 4.96. The minimum absolute atomic E-state index is 0.408. The molecule has 1 rings (SSSR count). The zero-order valence-electron chi connectivity index (χ0n) is 10.2. The van der Waals surface area contributed by atoms with Gasteiger partial charge in [-0.2, -0.15) is 0 Å². The number of methoxy groups -OCH3 is 1. The SMILES string of the molecule is COCCNC1(C(N)=O)CCCC1S(C)(=O)=O. The molecular formula is C10H20N2O4S. The van der Waals surface area contributed by atoms with Gasteiger partial charge in [-0.3, -0.25) is 10.1 Å². The molecule has 0 spiro atoms. The number of carbonyl (C=O) groups is 1. The van der Waals surface area contributed by atoms with Crippen LogP contribution in [0.5, 0.6) is 0 Å². The first kappa shape index (κ1) is 14.4. The molecule has 0 saturated heterocycles. The Morgan fingerprint density at radius 1 is 1.59 bits per heavy atom. The molecule has 0 aliphatic heterocycles. The minimum atomic E-state index is -3.30. The van der Waals surface area contributed by atoms with E-state index in [0.29, 0.717) is 32.4 Å². The lowest BCUT2D eigenvalue weighted by atomic mass is 9.96. The van der Waals surface area contributed by atoms with Crippen LogP contribution in [0.4, 0.5) is 0 Å². The van der Waals surface area contributed by atoms with E-state index < -0.39 is 26.5 Å². The maximum absolute atomic E-state index is 11.7. The maximum atomic E-state index is 11.7. The number of carbonyl (C=O) groups excluding carboxylic acids is 1. The third-order valence-electron chi connectivity index (χ3n) is 3.29. The van der Waals surface area contributed by atoms with Gasteiger partial charge in [0.25, 0.3) is 0 Å². The van der Waals surface area contributed by atoms with E-state index in [1.54, 1.807) is 7.11 Å². The molecule has 0 aromatic carbocycles. The summed E-state index contributed by atoms with van der Waals surface area (Å²) < 4.78 is 28.3. The number of hydrogen-bond donors (Lipinski definition) is 2. The molecule has 2 unspecified atom stereocenters. The number of primary amides is 1. The monoisotopic (exact) mass is 264 g/mol. The molecule has 17 heavy (non-hydrogen) atoms. The minimum Gasteiger partial charge on any atom is -0.383 e. The van der Waals surface area contributed by atoms with E-state index in [-0.39, 0.29) is 0 Å². The fourth-order valence-electron chi connectivity index (χ4n) is 2.50. The molecule has 0 radical (unpaired) electrons. The lowest BCUT2D eigenvalue weighted by molar-refractivity contribution is -0.124. The molecule has 1 fully saturated rings. The average molecular weight is 264 g/mol. The van der Waals surface area contributed by atoms with E-state index >= 15 is 0 Å². The number of amides is 1. The van der Waals surface area contributed by atoms with Crippen LogP contribution in [0.1, 0.15) is 19.3 Å². The lowest BCUT2D eigenvalue weighted by Gasteiger charge is -2.32. The molecular weight excluding hydrogens is 244 g/mol. The zero-order valence-corrected chi connectivity index (χ0v) is 11.0. The lowest BCUT2D eigenvalue weighted by Crippen LogP contribution is -2.62. The predicted octanol–water partition coefficient (Wildman–Crippen LogP) is -0.956. The van der Waals surface area contributed by atoms with E-state index in [9.17, 15) is 13.2 Å². The highest BCUT2D eigenvalue weighted by molar-refractivity contribution is 7.91. The molecule has 0 aromatic heterocycles. The fraction of sp³-hybridized carbons (Fsp3) is 0.900. The van der Waals surface area contributed by atoms with Crippen LogP contribution in [0.2, 0.25) is 0 Å². The van der Waals surface area contributed by atoms with Crippen molar-refractivity contribution < 1.29 is 17.9 Å². The Morgan fingerprint density at radius 3 is 2.71 bits per heavy atom. The van der Waals surface area contributed by atoms with Crippen molar-refractivity contribution in [3.63, 3.8) is 0 Å². The summed E-state index contributed by atoms with van der Waals surface area (Å²) in [5.74, 6) is -0.596. The molecule has 2 atom stereocenters. The van der Waals surface area contributed by atoms with Gasteiger partial charge in [0.1, 0.15) is 5.54 Å². The van der Waals surface area contributed by atoms with E-state index in [1.807, 2.05) is 0 Å². The summed E-state index contributed by atoms with van der Waals surface area (Å²) in [5, 5.41) is 2.24. The normalized spacial score (nSPS) is 29.4. The Hall–Kier alpha value is -0.660. The van der Waals surface area contributed by atoms with E-state index in [4.69, 9.17) is 10.5 Å². The number of hydrogen-bond acceptors (Lipinski definition) is 5.